The molecule has 33 heavy (non-hydrogen) atoms. The fourth-order valence-corrected chi connectivity index (χ4v) is 5.21. The van der Waals surface area contributed by atoms with E-state index < -0.39 is 5.91 Å². The summed E-state index contributed by atoms with van der Waals surface area (Å²) in [5.41, 5.74) is 3.63. The van der Waals surface area contributed by atoms with E-state index in [1.54, 1.807) is 16.1 Å². The van der Waals surface area contributed by atoms with Gasteiger partial charge in [-0.15, -0.1) is 0 Å². The number of hydrogen-bond acceptors (Lipinski definition) is 6. The van der Waals surface area contributed by atoms with Crippen LogP contribution in [0.2, 0.25) is 0 Å². The highest BCUT2D eigenvalue weighted by Crippen LogP contribution is 2.37. The van der Waals surface area contributed by atoms with E-state index in [4.69, 9.17) is 9.40 Å². The zero-order valence-corrected chi connectivity index (χ0v) is 19.0. The molecule has 2 aromatic rings. The first-order valence-corrected chi connectivity index (χ1v) is 11.9. The van der Waals surface area contributed by atoms with Crippen molar-refractivity contribution in [2.75, 3.05) is 44.2 Å². The van der Waals surface area contributed by atoms with Crippen LogP contribution >= 0.6 is 0 Å². The van der Waals surface area contributed by atoms with Crippen LogP contribution in [-0.4, -0.2) is 65.9 Å². The molecule has 0 spiro atoms. The van der Waals surface area contributed by atoms with Gasteiger partial charge in [-0.25, -0.2) is 4.98 Å². The molecule has 0 radical (unpaired) electrons. The number of furan rings is 1. The van der Waals surface area contributed by atoms with Gasteiger partial charge in [0.25, 0.3) is 0 Å². The molecule has 0 unspecified atom stereocenters. The van der Waals surface area contributed by atoms with Gasteiger partial charge in [-0.3, -0.25) is 9.59 Å². The van der Waals surface area contributed by atoms with Crippen molar-refractivity contribution in [2.24, 2.45) is 5.92 Å². The van der Waals surface area contributed by atoms with E-state index in [-0.39, 0.29) is 5.91 Å². The maximum Gasteiger partial charge on any atom is 0.312 e. The van der Waals surface area contributed by atoms with Gasteiger partial charge in [0.1, 0.15) is 17.6 Å². The molecule has 0 N–H and O–H groups in total. The molecule has 5 rings (SSSR count). The third-order valence-electron chi connectivity index (χ3n) is 7.23. The number of carbonyl (C=O) groups excluding carboxylic acids is 2. The monoisotopic (exact) mass is 447 g/mol. The molecule has 172 valence electrons. The number of amides is 2. The van der Waals surface area contributed by atoms with Crippen LogP contribution in [0.15, 0.2) is 22.8 Å². The predicted molar refractivity (Wildman–Crippen MR) is 122 cm³/mol. The molecule has 8 heteroatoms. The Morgan fingerprint density at radius 3 is 2.33 bits per heavy atom. The Morgan fingerprint density at radius 2 is 1.70 bits per heavy atom. The fourth-order valence-electron chi connectivity index (χ4n) is 5.21. The molecule has 8 nitrogen and oxygen atoms in total. The van der Waals surface area contributed by atoms with E-state index in [1.165, 1.54) is 0 Å². The van der Waals surface area contributed by atoms with Gasteiger partial charge in [0.15, 0.2) is 5.76 Å². The average Bonchev–Trinajstić information content (AvgIpc) is 3.55. The highest BCUT2D eigenvalue weighted by molar-refractivity contribution is 6.34. The quantitative estimate of drug-likeness (QED) is 0.657. The largest absolute Gasteiger partial charge is 0.463 e. The van der Waals surface area contributed by atoms with Crippen LogP contribution < -0.4 is 4.90 Å². The lowest BCUT2D eigenvalue weighted by molar-refractivity contribution is -0.152. The van der Waals surface area contributed by atoms with Crippen molar-refractivity contribution in [3.8, 4) is 17.5 Å². The van der Waals surface area contributed by atoms with Crippen LogP contribution in [0.4, 0.5) is 5.82 Å². The van der Waals surface area contributed by atoms with Crippen molar-refractivity contribution in [2.45, 2.75) is 39.0 Å². The smallest absolute Gasteiger partial charge is 0.312 e. The lowest BCUT2D eigenvalue weighted by Crippen LogP contribution is -2.54. The van der Waals surface area contributed by atoms with Crippen LogP contribution in [-0.2, 0) is 22.4 Å². The van der Waals surface area contributed by atoms with Gasteiger partial charge in [0, 0.05) is 39.3 Å². The summed E-state index contributed by atoms with van der Waals surface area (Å²) < 4.78 is 5.64. The highest BCUT2D eigenvalue weighted by Gasteiger charge is 2.33. The zero-order chi connectivity index (χ0) is 22.9. The van der Waals surface area contributed by atoms with Crippen LogP contribution in [0.25, 0.3) is 11.5 Å². The SMILES string of the molecule is CC1CCN(C(=O)C(=O)N2CCN(c3nc(-c4ccco4)c4c(c3C#N)CCC4)CC2)CC1. The molecule has 1 aliphatic carbocycles. The van der Waals surface area contributed by atoms with E-state index in [2.05, 4.69) is 17.9 Å². The number of aromatic nitrogens is 1. The Labute approximate surface area is 193 Å². The van der Waals surface area contributed by atoms with Crippen molar-refractivity contribution in [3.05, 3.63) is 35.1 Å². The first-order valence-electron chi connectivity index (χ1n) is 11.9. The number of carbonyl (C=O) groups is 2. The summed E-state index contributed by atoms with van der Waals surface area (Å²) in [6.45, 7) is 5.45. The van der Waals surface area contributed by atoms with Crippen molar-refractivity contribution in [1.82, 2.24) is 14.8 Å². The molecule has 0 saturated carbocycles. The summed E-state index contributed by atoms with van der Waals surface area (Å²) in [7, 11) is 0. The average molecular weight is 448 g/mol. The van der Waals surface area contributed by atoms with Gasteiger partial charge >= 0.3 is 11.8 Å². The van der Waals surface area contributed by atoms with Crippen LogP contribution in [0.5, 0.6) is 0 Å². The summed E-state index contributed by atoms with van der Waals surface area (Å²) in [5, 5.41) is 9.96. The number of rotatable bonds is 2. The Balaban J connectivity index is 1.33. The third-order valence-corrected chi connectivity index (χ3v) is 7.23. The van der Waals surface area contributed by atoms with Gasteiger partial charge < -0.3 is 19.1 Å². The van der Waals surface area contributed by atoms with Crippen LogP contribution in [0.3, 0.4) is 0 Å². The minimum absolute atomic E-state index is 0.385. The fraction of sp³-hybridized carbons (Fsp3) is 0.520. The second kappa shape index (κ2) is 8.89. The van der Waals surface area contributed by atoms with Gasteiger partial charge in [-0.05, 0) is 61.3 Å². The third kappa shape index (κ3) is 3.97. The maximum absolute atomic E-state index is 12.8. The minimum atomic E-state index is -0.414. The lowest BCUT2D eigenvalue weighted by Gasteiger charge is -2.37. The van der Waals surface area contributed by atoms with E-state index in [0.29, 0.717) is 62.3 Å². The number of pyridine rings is 1. The molecule has 0 atom stereocenters. The Kier molecular flexibility index (Phi) is 5.79. The Hall–Kier alpha value is -3.34. The van der Waals surface area contributed by atoms with Crippen molar-refractivity contribution >= 4 is 17.6 Å². The highest BCUT2D eigenvalue weighted by atomic mass is 16.3. The molecular formula is C25H29N5O3. The first-order chi connectivity index (χ1) is 16.1. The molecule has 2 fully saturated rings. The van der Waals surface area contributed by atoms with Gasteiger partial charge in [0.05, 0.1) is 11.8 Å². The topological polar surface area (TPSA) is 93.7 Å². The van der Waals surface area contributed by atoms with Gasteiger partial charge in [-0.1, -0.05) is 6.92 Å². The van der Waals surface area contributed by atoms with E-state index in [1.807, 2.05) is 12.1 Å². The number of anilines is 1. The molecule has 2 aliphatic heterocycles. The summed E-state index contributed by atoms with van der Waals surface area (Å²) in [5.74, 6) is 1.18. The van der Waals surface area contributed by atoms with Gasteiger partial charge in [0.2, 0.25) is 0 Å². The maximum atomic E-state index is 12.8. The molecule has 4 heterocycles. The second-order valence-electron chi connectivity index (χ2n) is 9.31. The Morgan fingerprint density at radius 1 is 1.03 bits per heavy atom. The molecule has 2 amide bonds. The van der Waals surface area contributed by atoms with E-state index >= 15 is 0 Å². The normalized spacial score (nSPS) is 18.8. The zero-order valence-electron chi connectivity index (χ0n) is 19.0. The van der Waals surface area contributed by atoms with Gasteiger partial charge in [-0.2, -0.15) is 5.26 Å². The van der Waals surface area contributed by atoms with E-state index in [9.17, 15) is 14.9 Å². The molecular weight excluding hydrogens is 418 g/mol. The molecule has 0 aromatic carbocycles. The number of nitriles is 1. The van der Waals surface area contributed by atoms with Crippen molar-refractivity contribution in [1.29, 1.82) is 5.26 Å². The van der Waals surface area contributed by atoms with Crippen LogP contribution in [0.1, 0.15) is 42.9 Å². The van der Waals surface area contributed by atoms with E-state index in [0.717, 1.165) is 48.9 Å². The first kappa shape index (κ1) is 21.5. The minimum Gasteiger partial charge on any atom is -0.463 e. The van der Waals surface area contributed by atoms with Crippen LogP contribution in [0, 0.1) is 17.2 Å². The number of piperidine rings is 1. The second-order valence-corrected chi connectivity index (χ2v) is 9.31. The summed E-state index contributed by atoms with van der Waals surface area (Å²) in [4.78, 5) is 35.9. The molecule has 0 bridgehead atoms. The number of piperazine rings is 1. The number of hydrogen-bond donors (Lipinski definition) is 0. The lowest BCUT2D eigenvalue weighted by atomic mass is 9.99. The standard InChI is InChI=1S/C25H29N5O3/c1-17-7-9-29(10-8-17)24(31)25(32)30-13-11-28(12-14-30)23-20(16-26)18-4-2-5-19(18)22(27-23)21-6-3-15-33-21/h3,6,15,17H,2,4-5,7-14H2,1H3. The number of nitrogens with zero attached hydrogens (tertiary/aromatic N) is 5. The summed E-state index contributed by atoms with van der Waals surface area (Å²) in [6, 6.07) is 6.14. The van der Waals surface area contributed by atoms with Crippen molar-refractivity contribution < 1.29 is 14.0 Å². The molecule has 2 saturated heterocycles. The number of fused-ring (bicyclic) bond motifs is 1. The molecule has 2 aromatic heterocycles. The van der Waals surface area contributed by atoms with Crippen molar-refractivity contribution in [3.63, 3.8) is 0 Å². The predicted octanol–water partition coefficient (Wildman–Crippen LogP) is 2.61. The number of likely N-dealkylation sites (tertiary alicyclic amines) is 1. The summed E-state index contributed by atoms with van der Waals surface area (Å²) in [6.07, 6.45) is 6.30. The summed E-state index contributed by atoms with van der Waals surface area (Å²) >= 11 is 0. The Bertz CT molecular complexity index is 1090. The molecule has 3 aliphatic rings.